The molecule has 2 N–H and O–H groups in total. The van der Waals surface area contributed by atoms with E-state index < -0.39 is 0 Å². The van der Waals surface area contributed by atoms with E-state index in [1.54, 1.807) is 18.2 Å². The van der Waals surface area contributed by atoms with Crippen LogP contribution in [0.2, 0.25) is 10.0 Å². The Hall–Kier alpha value is -0.770. The van der Waals surface area contributed by atoms with Gasteiger partial charge in [0.2, 0.25) is 5.91 Å². The summed E-state index contributed by atoms with van der Waals surface area (Å²) in [5, 5.41) is 1.17. The third-order valence-electron chi connectivity index (χ3n) is 4.01. The number of carbonyl (C=O) groups excluding carboxylic acids is 1. The van der Waals surface area contributed by atoms with Crippen molar-refractivity contribution in [3.63, 3.8) is 0 Å². The van der Waals surface area contributed by atoms with Gasteiger partial charge in [0.15, 0.2) is 0 Å². The highest BCUT2D eigenvalue weighted by atomic mass is 35.5. The van der Waals surface area contributed by atoms with Crippen LogP contribution in [0.3, 0.4) is 0 Å². The molecule has 110 valence electrons. The monoisotopic (exact) mass is 314 g/mol. The third-order valence-corrected chi connectivity index (χ3v) is 4.62. The smallest absolute Gasteiger partial charge is 0.227 e. The van der Waals surface area contributed by atoms with Gasteiger partial charge in [0.1, 0.15) is 0 Å². The summed E-state index contributed by atoms with van der Waals surface area (Å²) < 4.78 is 0. The molecule has 1 aliphatic rings. The van der Waals surface area contributed by atoms with Crippen LogP contribution in [0.1, 0.15) is 25.8 Å². The molecule has 1 amide bonds. The largest absolute Gasteiger partial charge is 0.342 e. The summed E-state index contributed by atoms with van der Waals surface area (Å²) in [7, 11) is 0. The number of likely N-dealkylation sites (tertiary alicyclic amines) is 1. The van der Waals surface area contributed by atoms with Crippen LogP contribution in [0.4, 0.5) is 0 Å². The lowest BCUT2D eigenvalue weighted by atomic mass is 9.79. The fraction of sp³-hybridized carbons (Fsp3) is 0.533. The van der Waals surface area contributed by atoms with E-state index in [4.69, 9.17) is 28.9 Å². The molecule has 5 heteroatoms. The lowest BCUT2D eigenvalue weighted by molar-refractivity contribution is -0.133. The first-order chi connectivity index (χ1) is 9.29. The molecule has 1 atom stereocenters. The number of hydrogen-bond donors (Lipinski definition) is 1. The Labute approximate surface area is 130 Å². The van der Waals surface area contributed by atoms with Crippen LogP contribution in [0, 0.1) is 5.41 Å². The highest BCUT2D eigenvalue weighted by molar-refractivity contribution is 6.33. The van der Waals surface area contributed by atoms with Gasteiger partial charge in [-0.1, -0.05) is 37.0 Å². The molecule has 0 aromatic heterocycles. The number of rotatable bonds is 2. The summed E-state index contributed by atoms with van der Waals surface area (Å²) in [6.45, 7) is 5.60. The normalized spacial score (nSPS) is 21.9. The average Bonchev–Trinajstić information content (AvgIpc) is 2.37. The zero-order chi connectivity index (χ0) is 14.9. The quantitative estimate of drug-likeness (QED) is 0.911. The van der Waals surface area contributed by atoms with Crippen molar-refractivity contribution >= 4 is 29.1 Å². The van der Waals surface area contributed by atoms with Crippen LogP contribution in [0.25, 0.3) is 0 Å². The number of nitrogens with zero attached hydrogens (tertiary/aromatic N) is 1. The summed E-state index contributed by atoms with van der Waals surface area (Å²) in [5.74, 6) is 0.0779. The van der Waals surface area contributed by atoms with Crippen molar-refractivity contribution < 1.29 is 4.79 Å². The van der Waals surface area contributed by atoms with Crippen molar-refractivity contribution in [3.05, 3.63) is 33.8 Å². The Morgan fingerprint density at radius 2 is 2.15 bits per heavy atom. The molecule has 0 radical (unpaired) electrons. The van der Waals surface area contributed by atoms with E-state index >= 15 is 0 Å². The Kier molecular flexibility index (Phi) is 4.62. The second kappa shape index (κ2) is 5.92. The molecule has 0 bridgehead atoms. The fourth-order valence-corrected chi connectivity index (χ4v) is 2.92. The van der Waals surface area contributed by atoms with Gasteiger partial charge in [-0.25, -0.2) is 0 Å². The van der Waals surface area contributed by atoms with Gasteiger partial charge in [-0.3, -0.25) is 4.79 Å². The van der Waals surface area contributed by atoms with E-state index in [1.165, 1.54) is 0 Å². The van der Waals surface area contributed by atoms with E-state index in [2.05, 4.69) is 13.8 Å². The van der Waals surface area contributed by atoms with Gasteiger partial charge in [-0.2, -0.15) is 0 Å². The SMILES string of the molecule is CC1(C)CN(C(=O)Cc2cc(Cl)ccc2Cl)CCC1N. The fourth-order valence-electron chi connectivity index (χ4n) is 2.54. The zero-order valence-electron chi connectivity index (χ0n) is 11.8. The van der Waals surface area contributed by atoms with Crippen LogP contribution in [-0.2, 0) is 11.2 Å². The van der Waals surface area contributed by atoms with E-state index in [1.807, 2.05) is 4.90 Å². The minimum atomic E-state index is -0.0496. The Morgan fingerprint density at radius 3 is 2.80 bits per heavy atom. The summed E-state index contributed by atoms with van der Waals surface area (Å²) in [4.78, 5) is 14.3. The van der Waals surface area contributed by atoms with Gasteiger partial charge in [-0.15, -0.1) is 0 Å². The lowest BCUT2D eigenvalue weighted by Crippen LogP contribution is -2.54. The van der Waals surface area contributed by atoms with Crippen molar-refractivity contribution in [2.24, 2.45) is 11.1 Å². The summed E-state index contributed by atoms with van der Waals surface area (Å²) in [6.07, 6.45) is 1.12. The molecule has 0 saturated carbocycles. The highest BCUT2D eigenvalue weighted by Gasteiger charge is 2.35. The first kappa shape index (κ1) is 15.6. The minimum absolute atomic E-state index is 0.0496. The van der Waals surface area contributed by atoms with Crippen molar-refractivity contribution in [1.29, 1.82) is 0 Å². The molecule has 20 heavy (non-hydrogen) atoms. The Balaban J connectivity index is 2.07. The number of amides is 1. The van der Waals surface area contributed by atoms with Crippen LogP contribution in [-0.4, -0.2) is 29.9 Å². The molecule has 1 aromatic carbocycles. The molecule has 3 nitrogen and oxygen atoms in total. The molecule has 1 aromatic rings. The van der Waals surface area contributed by atoms with Crippen LogP contribution in [0.5, 0.6) is 0 Å². The van der Waals surface area contributed by atoms with Gasteiger partial charge < -0.3 is 10.6 Å². The van der Waals surface area contributed by atoms with Crippen LogP contribution in [0.15, 0.2) is 18.2 Å². The summed E-state index contributed by atoms with van der Waals surface area (Å²) in [6, 6.07) is 5.34. The predicted octanol–water partition coefficient (Wildman–Crippen LogP) is 3.12. The number of nitrogens with two attached hydrogens (primary N) is 1. The topological polar surface area (TPSA) is 46.3 Å². The molecule has 1 fully saturated rings. The highest BCUT2D eigenvalue weighted by Crippen LogP contribution is 2.28. The average molecular weight is 315 g/mol. The van der Waals surface area contributed by atoms with Crippen LogP contribution < -0.4 is 5.73 Å². The molecule has 0 aliphatic carbocycles. The first-order valence-corrected chi connectivity index (χ1v) is 7.52. The number of halogens is 2. The van der Waals surface area contributed by atoms with Gasteiger partial charge in [0, 0.05) is 29.2 Å². The molecular weight excluding hydrogens is 295 g/mol. The van der Waals surface area contributed by atoms with Gasteiger partial charge in [0.25, 0.3) is 0 Å². The molecule has 0 spiro atoms. The second-order valence-electron chi connectivity index (χ2n) is 6.11. The standard InChI is InChI=1S/C15H20Cl2N2O/c1-15(2)9-19(6-5-13(15)18)14(20)8-10-7-11(16)3-4-12(10)17/h3-4,7,13H,5-6,8-9,18H2,1-2H3. The van der Waals surface area contributed by atoms with E-state index in [-0.39, 0.29) is 23.8 Å². The summed E-state index contributed by atoms with van der Waals surface area (Å²) >= 11 is 12.1. The van der Waals surface area contributed by atoms with E-state index in [9.17, 15) is 4.79 Å². The van der Waals surface area contributed by atoms with Crippen molar-refractivity contribution in [1.82, 2.24) is 4.90 Å². The van der Waals surface area contributed by atoms with Crippen molar-refractivity contribution in [3.8, 4) is 0 Å². The maximum absolute atomic E-state index is 12.4. The summed E-state index contributed by atoms with van der Waals surface area (Å²) in [5.41, 5.74) is 6.82. The Bertz CT molecular complexity index is 517. The number of carbonyl (C=O) groups is 1. The van der Waals surface area contributed by atoms with E-state index in [0.29, 0.717) is 23.1 Å². The maximum atomic E-state index is 12.4. The first-order valence-electron chi connectivity index (χ1n) is 6.77. The van der Waals surface area contributed by atoms with Crippen molar-refractivity contribution in [2.45, 2.75) is 32.7 Å². The Morgan fingerprint density at radius 1 is 1.45 bits per heavy atom. The molecule has 1 unspecified atom stereocenters. The molecule has 1 saturated heterocycles. The number of hydrogen-bond acceptors (Lipinski definition) is 2. The second-order valence-corrected chi connectivity index (χ2v) is 6.96. The van der Waals surface area contributed by atoms with Gasteiger partial charge in [-0.05, 0) is 35.6 Å². The zero-order valence-corrected chi connectivity index (χ0v) is 13.3. The lowest BCUT2D eigenvalue weighted by Gasteiger charge is -2.42. The third kappa shape index (κ3) is 3.46. The van der Waals surface area contributed by atoms with E-state index in [0.717, 1.165) is 12.0 Å². The number of piperidine rings is 1. The number of benzene rings is 1. The molecular formula is C15H20Cl2N2O. The van der Waals surface area contributed by atoms with Crippen molar-refractivity contribution in [2.75, 3.05) is 13.1 Å². The maximum Gasteiger partial charge on any atom is 0.227 e. The minimum Gasteiger partial charge on any atom is -0.342 e. The van der Waals surface area contributed by atoms with Gasteiger partial charge in [0.05, 0.1) is 6.42 Å². The van der Waals surface area contributed by atoms with Gasteiger partial charge >= 0.3 is 0 Å². The molecule has 1 aliphatic heterocycles. The van der Waals surface area contributed by atoms with Crippen LogP contribution >= 0.6 is 23.2 Å². The predicted molar refractivity (Wildman–Crippen MR) is 83.1 cm³/mol. The molecule has 2 rings (SSSR count). The molecule has 1 heterocycles.